The highest BCUT2D eigenvalue weighted by molar-refractivity contribution is 7.99. The molecule has 6 heterocycles. The SMILES string of the molecule is COc1cnc(Cl)cc1-c1cc(C)ncc1C(=O)Nc1nc2ncc(SC3COC4OCCC43)nc2s1. The van der Waals surface area contributed by atoms with Crippen molar-refractivity contribution in [2.45, 2.75) is 29.9 Å². The van der Waals surface area contributed by atoms with Gasteiger partial charge in [-0.15, -0.1) is 0 Å². The third kappa shape index (κ3) is 4.87. The minimum absolute atomic E-state index is 0.108. The summed E-state index contributed by atoms with van der Waals surface area (Å²) in [5.74, 6) is 0.483. The molecule has 6 rings (SSSR count). The van der Waals surface area contributed by atoms with Crippen molar-refractivity contribution in [1.82, 2.24) is 24.9 Å². The minimum Gasteiger partial charge on any atom is -0.494 e. The van der Waals surface area contributed by atoms with E-state index in [-0.39, 0.29) is 22.6 Å². The normalized spacial score (nSPS) is 20.8. The molecular formula is C24H21ClN6O4S2. The zero-order valence-corrected chi connectivity index (χ0v) is 22.2. The lowest BCUT2D eigenvalue weighted by Gasteiger charge is -2.13. The molecule has 2 aliphatic heterocycles. The molecule has 10 nitrogen and oxygen atoms in total. The number of rotatable bonds is 6. The van der Waals surface area contributed by atoms with Gasteiger partial charge in [0.05, 0.1) is 38.3 Å². The van der Waals surface area contributed by atoms with Gasteiger partial charge in [-0.25, -0.2) is 15.0 Å². The fraction of sp³-hybridized carbons (Fsp3) is 0.333. The average Bonchev–Trinajstić information content (AvgIpc) is 3.60. The van der Waals surface area contributed by atoms with Crippen LogP contribution in [0.25, 0.3) is 21.6 Å². The van der Waals surface area contributed by atoms with Gasteiger partial charge in [0.25, 0.3) is 5.91 Å². The number of carbonyl (C=O) groups excluding carboxylic acids is 1. The molecule has 2 saturated heterocycles. The fourth-order valence-corrected chi connectivity index (χ4v) is 6.60. The standard InChI is InChI=1S/C24H21ClN6O4S2/c1-11-5-13(14-6-18(25)27-8-16(14)33-2)15(7-26-11)21(32)31-24-30-20-22(37-24)29-19(9-28-20)36-17-10-35-23-12(17)3-4-34-23/h5-9,12,17,23H,3-4,10H2,1-2H3,(H,28,30,31,32). The van der Waals surface area contributed by atoms with Crippen LogP contribution in [-0.2, 0) is 9.47 Å². The molecule has 1 amide bonds. The number of anilines is 1. The first-order chi connectivity index (χ1) is 18.0. The van der Waals surface area contributed by atoms with Crippen LogP contribution in [0.4, 0.5) is 5.13 Å². The Balaban J connectivity index is 1.25. The topological polar surface area (TPSA) is 121 Å². The van der Waals surface area contributed by atoms with E-state index >= 15 is 0 Å². The Bertz CT molecular complexity index is 1500. The molecule has 190 valence electrons. The predicted molar refractivity (Wildman–Crippen MR) is 140 cm³/mol. The first-order valence-corrected chi connectivity index (χ1v) is 13.6. The van der Waals surface area contributed by atoms with E-state index < -0.39 is 0 Å². The third-order valence-electron chi connectivity index (χ3n) is 6.21. The highest BCUT2D eigenvalue weighted by Crippen LogP contribution is 2.41. The van der Waals surface area contributed by atoms with Crippen LogP contribution >= 0.6 is 34.7 Å². The lowest BCUT2D eigenvalue weighted by atomic mass is 10.0. The van der Waals surface area contributed by atoms with Gasteiger partial charge in [-0.3, -0.25) is 15.1 Å². The Morgan fingerprint density at radius 1 is 1.16 bits per heavy atom. The summed E-state index contributed by atoms with van der Waals surface area (Å²) in [5.41, 5.74) is 2.81. The molecule has 4 aromatic heterocycles. The number of halogens is 1. The average molecular weight is 557 g/mol. The maximum atomic E-state index is 13.3. The van der Waals surface area contributed by atoms with E-state index in [0.29, 0.717) is 50.6 Å². The number of pyridine rings is 2. The van der Waals surface area contributed by atoms with Gasteiger partial charge in [-0.2, -0.15) is 4.98 Å². The molecule has 0 aliphatic carbocycles. The Hall–Kier alpha value is -2.90. The molecule has 3 atom stereocenters. The second kappa shape index (κ2) is 10.1. The Morgan fingerprint density at radius 2 is 2.05 bits per heavy atom. The predicted octanol–water partition coefficient (Wildman–Crippen LogP) is 4.62. The molecule has 13 heteroatoms. The maximum Gasteiger partial charge on any atom is 0.259 e. The molecule has 1 N–H and O–H groups in total. The lowest BCUT2D eigenvalue weighted by Crippen LogP contribution is -2.16. The zero-order valence-electron chi connectivity index (χ0n) is 19.8. The summed E-state index contributed by atoms with van der Waals surface area (Å²) < 4.78 is 16.8. The number of aryl methyl sites for hydroxylation is 1. The van der Waals surface area contributed by atoms with Crippen molar-refractivity contribution >= 4 is 56.2 Å². The van der Waals surface area contributed by atoms with E-state index in [1.807, 2.05) is 6.92 Å². The number of thiazole rings is 1. The highest BCUT2D eigenvalue weighted by atomic mass is 35.5. The number of methoxy groups -OCH3 is 1. The number of fused-ring (bicyclic) bond motifs is 2. The quantitative estimate of drug-likeness (QED) is 0.337. The summed E-state index contributed by atoms with van der Waals surface area (Å²) >= 11 is 9.05. The van der Waals surface area contributed by atoms with Gasteiger partial charge >= 0.3 is 0 Å². The number of nitrogens with zero attached hydrogens (tertiary/aromatic N) is 5. The molecule has 0 aromatic carbocycles. The van der Waals surface area contributed by atoms with Crippen LogP contribution in [0.5, 0.6) is 5.75 Å². The Kier molecular flexibility index (Phi) is 6.67. The van der Waals surface area contributed by atoms with Gasteiger partial charge in [0, 0.05) is 34.2 Å². The van der Waals surface area contributed by atoms with Crippen LogP contribution in [0.3, 0.4) is 0 Å². The lowest BCUT2D eigenvalue weighted by molar-refractivity contribution is -0.0904. The van der Waals surface area contributed by atoms with Crippen LogP contribution in [-0.4, -0.2) is 62.7 Å². The number of amides is 1. The van der Waals surface area contributed by atoms with E-state index in [1.165, 1.54) is 30.8 Å². The van der Waals surface area contributed by atoms with Crippen LogP contribution in [0.2, 0.25) is 5.15 Å². The van der Waals surface area contributed by atoms with E-state index in [0.717, 1.165) is 23.7 Å². The molecule has 2 fully saturated rings. The highest BCUT2D eigenvalue weighted by Gasteiger charge is 2.42. The summed E-state index contributed by atoms with van der Waals surface area (Å²) in [6.45, 7) is 3.21. The van der Waals surface area contributed by atoms with Gasteiger partial charge in [0.1, 0.15) is 15.9 Å². The molecule has 37 heavy (non-hydrogen) atoms. The Labute approximate surface area is 225 Å². The first-order valence-electron chi connectivity index (χ1n) is 11.5. The van der Waals surface area contributed by atoms with Crippen molar-refractivity contribution in [3.8, 4) is 16.9 Å². The Morgan fingerprint density at radius 3 is 2.92 bits per heavy atom. The molecular weight excluding hydrogens is 536 g/mol. The molecule has 3 unspecified atom stereocenters. The van der Waals surface area contributed by atoms with Crippen molar-refractivity contribution < 1.29 is 19.0 Å². The van der Waals surface area contributed by atoms with Crippen molar-refractivity contribution in [2.24, 2.45) is 5.92 Å². The number of thioether (sulfide) groups is 1. The first kappa shape index (κ1) is 24.4. The van der Waals surface area contributed by atoms with Crippen LogP contribution in [0.15, 0.2) is 35.7 Å². The third-order valence-corrected chi connectivity index (χ3v) is 8.50. The smallest absolute Gasteiger partial charge is 0.259 e. The minimum atomic E-state index is -0.374. The van der Waals surface area contributed by atoms with Gasteiger partial charge in [0.2, 0.25) is 0 Å². The summed E-state index contributed by atoms with van der Waals surface area (Å²) in [6.07, 6.45) is 5.64. The number of ether oxygens (including phenoxy) is 3. The molecule has 4 aromatic rings. The van der Waals surface area contributed by atoms with Gasteiger partial charge in [-0.1, -0.05) is 34.7 Å². The van der Waals surface area contributed by atoms with Crippen molar-refractivity contribution in [2.75, 3.05) is 25.6 Å². The van der Waals surface area contributed by atoms with E-state index in [4.69, 9.17) is 30.8 Å². The number of nitrogens with one attached hydrogen (secondary N) is 1. The maximum absolute atomic E-state index is 13.3. The zero-order chi connectivity index (χ0) is 25.5. The summed E-state index contributed by atoms with van der Waals surface area (Å²) in [5, 5.41) is 4.61. The molecule has 0 spiro atoms. The van der Waals surface area contributed by atoms with Crippen LogP contribution in [0, 0.1) is 12.8 Å². The number of hydrogen-bond acceptors (Lipinski definition) is 11. The monoisotopic (exact) mass is 556 g/mol. The molecule has 0 saturated carbocycles. The molecule has 0 bridgehead atoms. The van der Waals surface area contributed by atoms with Gasteiger partial charge < -0.3 is 14.2 Å². The van der Waals surface area contributed by atoms with E-state index in [2.05, 4.69) is 25.3 Å². The van der Waals surface area contributed by atoms with Crippen molar-refractivity contribution in [1.29, 1.82) is 0 Å². The molecule has 2 aliphatic rings. The number of carbonyl (C=O) groups is 1. The fourth-order valence-electron chi connectivity index (χ4n) is 4.44. The van der Waals surface area contributed by atoms with Gasteiger partial charge in [-0.05, 0) is 25.5 Å². The molecule has 0 radical (unpaired) electrons. The summed E-state index contributed by atoms with van der Waals surface area (Å²) in [4.78, 5) is 36.0. The number of hydrogen-bond donors (Lipinski definition) is 1. The van der Waals surface area contributed by atoms with Crippen molar-refractivity contribution in [3.63, 3.8) is 0 Å². The number of aromatic nitrogens is 5. The summed E-state index contributed by atoms with van der Waals surface area (Å²) in [7, 11) is 1.54. The van der Waals surface area contributed by atoms with E-state index in [9.17, 15) is 4.79 Å². The van der Waals surface area contributed by atoms with E-state index in [1.54, 1.807) is 30.1 Å². The van der Waals surface area contributed by atoms with Gasteiger partial charge in [0.15, 0.2) is 21.9 Å². The second-order valence-electron chi connectivity index (χ2n) is 8.57. The van der Waals surface area contributed by atoms with Crippen LogP contribution in [0.1, 0.15) is 22.5 Å². The second-order valence-corrected chi connectivity index (χ2v) is 11.2. The van der Waals surface area contributed by atoms with Crippen molar-refractivity contribution in [3.05, 3.63) is 47.1 Å². The largest absolute Gasteiger partial charge is 0.494 e. The summed E-state index contributed by atoms with van der Waals surface area (Å²) in [6, 6.07) is 3.46. The van der Waals surface area contributed by atoms with Crippen LogP contribution < -0.4 is 10.1 Å².